The Kier molecular flexibility index (Phi) is 3.04. The van der Waals surface area contributed by atoms with E-state index < -0.39 is 0 Å². The van der Waals surface area contributed by atoms with Gasteiger partial charge in [-0.05, 0) is 5.92 Å². The predicted octanol–water partition coefficient (Wildman–Crippen LogP) is 2.06. The Balaban J connectivity index is 2.34. The third-order valence-electron chi connectivity index (χ3n) is 2.69. The van der Waals surface area contributed by atoms with Crippen LogP contribution in [0.2, 0.25) is 0 Å². The molecule has 0 amide bonds. The molecule has 0 aromatic heterocycles. The Morgan fingerprint density at radius 2 is 2.00 bits per heavy atom. The maximum atomic E-state index is 11.6. The first-order valence-corrected chi connectivity index (χ1v) is 5.49. The van der Waals surface area contributed by atoms with E-state index in [0.717, 1.165) is 5.56 Å². The van der Waals surface area contributed by atoms with Crippen LogP contribution in [0.4, 0.5) is 0 Å². The first kappa shape index (κ1) is 10.9. The van der Waals surface area contributed by atoms with Crippen LogP contribution in [0, 0.1) is 5.92 Å². The maximum absolute atomic E-state index is 11.6. The smallest absolute Gasteiger partial charge is 0.357 e. The summed E-state index contributed by atoms with van der Waals surface area (Å²) in [5.74, 6) is 0.0647. The summed E-state index contributed by atoms with van der Waals surface area (Å²) in [5.41, 5.74) is 1.28. The van der Waals surface area contributed by atoms with Crippen molar-refractivity contribution in [1.82, 2.24) is 0 Å². The van der Waals surface area contributed by atoms with E-state index in [9.17, 15) is 4.79 Å². The number of rotatable bonds is 2. The third-order valence-corrected chi connectivity index (χ3v) is 2.69. The van der Waals surface area contributed by atoms with Gasteiger partial charge in [0.1, 0.15) is 6.61 Å². The average molecular weight is 217 g/mol. The highest BCUT2D eigenvalue weighted by molar-refractivity contribution is 6.43. The summed E-state index contributed by atoms with van der Waals surface area (Å²) in [5, 5.41) is 0. The first-order valence-electron chi connectivity index (χ1n) is 5.49. The molecule has 1 unspecified atom stereocenters. The minimum absolute atomic E-state index is 0.0768. The topological polar surface area (TPSA) is 38.7 Å². The second-order valence-electron chi connectivity index (χ2n) is 4.25. The van der Waals surface area contributed by atoms with Crippen LogP contribution in [0.15, 0.2) is 35.3 Å². The summed E-state index contributed by atoms with van der Waals surface area (Å²) in [6.45, 7) is 4.55. The van der Waals surface area contributed by atoms with Crippen LogP contribution < -0.4 is 0 Å². The summed E-state index contributed by atoms with van der Waals surface area (Å²) >= 11 is 0. The van der Waals surface area contributed by atoms with Gasteiger partial charge in [-0.25, -0.2) is 4.79 Å². The number of esters is 1. The Morgan fingerprint density at radius 1 is 1.31 bits per heavy atom. The van der Waals surface area contributed by atoms with Crippen molar-refractivity contribution < 1.29 is 9.53 Å². The molecule has 0 N–H and O–H groups in total. The fourth-order valence-corrected chi connectivity index (χ4v) is 1.62. The highest BCUT2D eigenvalue weighted by Gasteiger charge is 2.26. The molecule has 0 saturated carbocycles. The SMILES string of the molecule is CC(C)C1COC(=O)C(c2ccccc2)=N1. The number of carbonyl (C=O) groups is 1. The van der Waals surface area contributed by atoms with Crippen molar-refractivity contribution in [3.63, 3.8) is 0 Å². The van der Waals surface area contributed by atoms with Gasteiger partial charge in [0.25, 0.3) is 0 Å². The molecule has 0 fully saturated rings. The molecule has 1 aromatic carbocycles. The summed E-state index contributed by atoms with van der Waals surface area (Å²) in [4.78, 5) is 16.1. The van der Waals surface area contributed by atoms with Crippen LogP contribution in [-0.2, 0) is 9.53 Å². The highest BCUT2D eigenvalue weighted by atomic mass is 16.5. The molecule has 16 heavy (non-hydrogen) atoms. The second-order valence-corrected chi connectivity index (χ2v) is 4.25. The van der Waals surface area contributed by atoms with Gasteiger partial charge in [-0.15, -0.1) is 0 Å². The molecule has 3 heteroatoms. The van der Waals surface area contributed by atoms with Gasteiger partial charge in [0, 0.05) is 5.56 Å². The van der Waals surface area contributed by atoms with E-state index in [-0.39, 0.29) is 12.0 Å². The summed E-state index contributed by atoms with van der Waals surface area (Å²) in [6.07, 6.45) is 0. The molecule has 1 aliphatic heterocycles. The molecule has 0 spiro atoms. The molecular weight excluding hydrogens is 202 g/mol. The number of cyclic esters (lactones) is 1. The van der Waals surface area contributed by atoms with Crippen molar-refractivity contribution in [3.05, 3.63) is 35.9 Å². The Morgan fingerprint density at radius 3 is 2.62 bits per heavy atom. The van der Waals surface area contributed by atoms with Gasteiger partial charge >= 0.3 is 5.97 Å². The maximum Gasteiger partial charge on any atom is 0.357 e. The van der Waals surface area contributed by atoms with E-state index in [4.69, 9.17) is 4.74 Å². The van der Waals surface area contributed by atoms with Crippen molar-refractivity contribution in [2.75, 3.05) is 6.61 Å². The summed E-state index contributed by atoms with van der Waals surface area (Å²) in [6, 6.07) is 9.53. The monoisotopic (exact) mass is 217 g/mol. The second kappa shape index (κ2) is 4.47. The van der Waals surface area contributed by atoms with Gasteiger partial charge in [-0.1, -0.05) is 44.2 Å². The highest BCUT2D eigenvalue weighted by Crippen LogP contribution is 2.15. The molecule has 0 radical (unpaired) electrons. The van der Waals surface area contributed by atoms with Gasteiger partial charge in [-0.3, -0.25) is 4.99 Å². The average Bonchev–Trinajstić information content (AvgIpc) is 2.30. The predicted molar refractivity (Wildman–Crippen MR) is 62.6 cm³/mol. The van der Waals surface area contributed by atoms with E-state index in [1.165, 1.54) is 0 Å². The standard InChI is InChI=1S/C13H15NO2/c1-9(2)11-8-16-13(15)12(14-11)10-6-4-3-5-7-10/h3-7,9,11H,8H2,1-2H3. The normalized spacial score (nSPS) is 20.6. The van der Waals surface area contributed by atoms with Gasteiger partial charge in [0.05, 0.1) is 6.04 Å². The van der Waals surface area contributed by atoms with Crippen LogP contribution in [-0.4, -0.2) is 24.3 Å². The fraction of sp³-hybridized carbons (Fsp3) is 0.385. The molecule has 1 heterocycles. The van der Waals surface area contributed by atoms with Gasteiger partial charge in [-0.2, -0.15) is 0 Å². The minimum atomic E-state index is -0.317. The number of hydrogen-bond acceptors (Lipinski definition) is 3. The van der Waals surface area contributed by atoms with Crippen LogP contribution in [0.1, 0.15) is 19.4 Å². The lowest BCUT2D eigenvalue weighted by Crippen LogP contribution is -2.34. The lowest BCUT2D eigenvalue weighted by molar-refractivity contribution is -0.137. The number of aliphatic imine (C=N–C) groups is 1. The number of benzene rings is 1. The molecular formula is C13H15NO2. The molecule has 84 valence electrons. The number of carbonyl (C=O) groups excluding carboxylic acids is 1. The molecule has 0 bridgehead atoms. The minimum Gasteiger partial charge on any atom is -0.459 e. The number of ether oxygens (including phenoxy) is 1. The Hall–Kier alpha value is -1.64. The summed E-state index contributed by atoms with van der Waals surface area (Å²) < 4.78 is 5.15. The van der Waals surface area contributed by atoms with Crippen LogP contribution in [0.3, 0.4) is 0 Å². The van der Waals surface area contributed by atoms with E-state index in [0.29, 0.717) is 18.2 Å². The zero-order chi connectivity index (χ0) is 11.5. The molecule has 0 saturated heterocycles. The van der Waals surface area contributed by atoms with Gasteiger partial charge in [0.2, 0.25) is 0 Å². The molecule has 1 aliphatic rings. The number of nitrogens with zero attached hydrogens (tertiary/aromatic N) is 1. The molecule has 2 rings (SSSR count). The summed E-state index contributed by atoms with van der Waals surface area (Å²) in [7, 11) is 0. The van der Waals surface area contributed by atoms with E-state index in [1.54, 1.807) is 0 Å². The van der Waals surface area contributed by atoms with E-state index >= 15 is 0 Å². The first-order chi connectivity index (χ1) is 7.68. The Bertz CT molecular complexity index is 409. The van der Waals surface area contributed by atoms with Crippen LogP contribution >= 0.6 is 0 Å². The van der Waals surface area contributed by atoms with Crippen molar-refractivity contribution in [2.45, 2.75) is 19.9 Å². The quantitative estimate of drug-likeness (QED) is 0.711. The zero-order valence-electron chi connectivity index (χ0n) is 9.51. The molecule has 0 aliphatic carbocycles. The lowest BCUT2D eigenvalue weighted by atomic mass is 10.0. The third kappa shape index (κ3) is 2.13. The van der Waals surface area contributed by atoms with Crippen molar-refractivity contribution in [1.29, 1.82) is 0 Å². The van der Waals surface area contributed by atoms with Gasteiger partial charge in [0.15, 0.2) is 5.71 Å². The van der Waals surface area contributed by atoms with Gasteiger partial charge < -0.3 is 4.74 Å². The van der Waals surface area contributed by atoms with Crippen LogP contribution in [0.5, 0.6) is 0 Å². The molecule has 3 nitrogen and oxygen atoms in total. The number of hydrogen-bond donors (Lipinski definition) is 0. The van der Waals surface area contributed by atoms with Crippen LogP contribution in [0.25, 0.3) is 0 Å². The van der Waals surface area contributed by atoms with Crippen molar-refractivity contribution >= 4 is 11.7 Å². The van der Waals surface area contributed by atoms with E-state index in [1.807, 2.05) is 30.3 Å². The largest absolute Gasteiger partial charge is 0.459 e. The van der Waals surface area contributed by atoms with E-state index in [2.05, 4.69) is 18.8 Å². The molecule has 1 aromatic rings. The Labute approximate surface area is 95.2 Å². The fourth-order valence-electron chi connectivity index (χ4n) is 1.62. The lowest BCUT2D eigenvalue weighted by Gasteiger charge is -2.22. The van der Waals surface area contributed by atoms with Crippen molar-refractivity contribution in [3.8, 4) is 0 Å². The zero-order valence-corrected chi connectivity index (χ0v) is 9.51. The molecule has 1 atom stereocenters. The van der Waals surface area contributed by atoms with Crippen molar-refractivity contribution in [2.24, 2.45) is 10.9 Å².